The summed E-state index contributed by atoms with van der Waals surface area (Å²) in [7, 11) is 0. The highest BCUT2D eigenvalue weighted by Gasteiger charge is 2.61. The van der Waals surface area contributed by atoms with Gasteiger partial charge in [-0.05, 0) is 12.8 Å². The van der Waals surface area contributed by atoms with Crippen LogP contribution >= 0.6 is 0 Å². The lowest BCUT2D eigenvalue weighted by atomic mass is 9.89. The molecule has 6 heteroatoms. The maximum Gasteiger partial charge on any atom is 0.407 e. The third-order valence-electron chi connectivity index (χ3n) is 3.95. The zero-order valence-electron chi connectivity index (χ0n) is 10.6. The number of amides is 1. The Morgan fingerprint density at radius 2 is 2.28 bits per heavy atom. The smallest absolute Gasteiger partial charge is 0.407 e. The van der Waals surface area contributed by atoms with Crippen LogP contribution in [0.15, 0.2) is 0 Å². The molecular formula is C12H20F2N2O2. The van der Waals surface area contributed by atoms with E-state index in [1.165, 1.54) is 0 Å². The van der Waals surface area contributed by atoms with Crippen LogP contribution in [0.4, 0.5) is 13.6 Å². The van der Waals surface area contributed by atoms with Crippen molar-refractivity contribution in [2.45, 2.75) is 44.1 Å². The SMILES string of the molecule is CCCCOC(=O)NC12CCC(F)(F)C1CNC2. The van der Waals surface area contributed by atoms with Gasteiger partial charge in [0, 0.05) is 19.5 Å². The van der Waals surface area contributed by atoms with Gasteiger partial charge in [0.1, 0.15) is 0 Å². The predicted octanol–water partition coefficient (Wildman–Crippen LogP) is 1.90. The Bertz CT molecular complexity index is 325. The average Bonchev–Trinajstić information content (AvgIpc) is 2.80. The molecule has 2 N–H and O–H groups in total. The molecule has 0 aromatic heterocycles. The van der Waals surface area contributed by atoms with Crippen molar-refractivity contribution in [2.75, 3.05) is 19.7 Å². The van der Waals surface area contributed by atoms with E-state index in [9.17, 15) is 13.6 Å². The number of carbonyl (C=O) groups excluding carboxylic acids is 1. The zero-order chi connectivity index (χ0) is 13.2. The number of rotatable bonds is 4. The molecule has 0 aromatic carbocycles. The number of halogens is 2. The fraction of sp³-hybridized carbons (Fsp3) is 0.917. The van der Waals surface area contributed by atoms with E-state index in [0.717, 1.165) is 12.8 Å². The van der Waals surface area contributed by atoms with Crippen LogP contribution < -0.4 is 10.6 Å². The molecule has 1 heterocycles. The third kappa shape index (κ3) is 2.43. The van der Waals surface area contributed by atoms with Crippen molar-refractivity contribution >= 4 is 6.09 Å². The molecule has 2 rings (SSSR count). The van der Waals surface area contributed by atoms with Crippen molar-refractivity contribution in [1.82, 2.24) is 10.6 Å². The summed E-state index contributed by atoms with van der Waals surface area (Å²) < 4.78 is 32.3. The molecule has 2 atom stereocenters. The Balaban J connectivity index is 1.93. The third-order valence-corrected chi connectivity index (χ3v) is 3.95. The van der Waals surface area contributed by atoms with Gasteiger partial charge >= 0.3 is 6.09 Å². The minimum absolute atomic E-state index is 0.158. The molecule has 0 bridgehead atoms. The second kappa shape index (κ2) is 4.99. The van der Waals surface area contributed by atoms with Crippen molar-refractivity contribution in [3.63, 3.8) is 0 Å². The van der Waals surface area contributed by atoms with Crippen LogP contribution in [0.3, 0.4) is 0 Å². The fourth-order valence-corrected chi connectivity index (χ4v) is 2.88. The molecule has 0 radical (unpaired) electrons. The number of unbranched alkanes of at least 4 members (excludes halogenated alkanes) is 1. The Kier molecular flexibility index (Phi) is 3.75. The largest absolute Gasteiger partial charge is 0.450 e. The standard InChI is InChI=1S/C12H20F2N2O2/c1-2-3-6-18-10(17)16-11-4-5-12(13,14)9(11)7-15-8-11/h9,15H,2-8H2,1H3,(H,16,17). The molecule has 18 heavy (non-hydrogen) atoms. The first kappa shape index (κ1) is 13.5. The molecule has 4 nitrogen and oxygen atoms in total. The van der Waals surface area contributed by atoms with Crippen molar-refractivity contribution in [2.24, 2.45) is 5.92 Å². The van der Waals surface area contributed by atoms with Gasteiger partial charge in [-0.2, -0.15) is 0 Å². The number of hydrogen-bond acceptors (Lipinski definition) is 3. The van der Waals surface area contributed by atoms with Crippen LogP contribution in [0.5, 0.6) is 0 Å². The van der Waals surface area contributed by atoms with Gasteiger partial charge in [0.15, 0.2) is 0 Å². The highest BCUT2D eigenvalue weighted by Crippen LogP contribution is 2.48. The van der Waals surface area contributed by atoms with E-state index in [1.54, 1.807) is 0 Å². The van der Waals surface area contributed by atoms with Crippen LogP contribution in [0, 0.1) is 5.92 Å². The summed E-state index contributed by atoms with van der Waals surface area (Å²) in [5.41, 5.74) is -0.827. The fourth-order valence-electron chi connectivity index (χ4n) is 2.88. The van der Waals surface area contributed by atoms with E-state index in [1.807, 2.05) is 6.92 Å². The van der Waals surface area contributed by atoms with Gasteiger partial charge in [0.25, 0.3) is 5.92 Å². The number of ether oxygens (including phenoxy) is 1. The van der Waals surface area contributed by atoms with Gasteiger partial charge in [-0.25, -0.2) is 13.6 Å². The van der Waals surface area contributed by atoms with E-state index >= 15 is 0 Å². The van der Waals surface area contributed by atoms with Gasteiger partial charge in [0.05, 0.1) is 18.1 Å². The van der Waals surface area contributed by atoms with Crippen LogP contribution in [0.1, 0.15) is 32.6 Å². The maximum atomic E-state index is 13.7. The Hall–Kier alpha value is -0.910. The molecule has 0 spiro atoms. The lowest BCUT2D eigenvalue weighted by Crippen LogP contribution is -2.53. The minimum Gasteiger partial charge on any atom is -0.450 e. The van der Waals surface area contributed by atoms with Gasteiger partial charge in [0.2, 0.25) is 0 Å². The summed E-state index contributed by atoms with van der Waals surface area (Å²) in [6.07, 6.45) is 1.29. The second-order valence-corrected chi connectivity index (χ2v) is 5.22. The highest BCUT2D eigenvalue weighted by molar-refractivity contribution is 5.68. The first-order chi connectivity index (χ1) is 8.50. The Morgan fingerprint density at radius 1 is 1.50 bits per heavy atom. The number of hydrogen-bond donors (Lipinski definition) is 2. The molecule has 1 aliphatic heterocycles. The van der Waals surface area contributed by atoms with Crippen molar-refractivity contribution in [3.8, 4) is 0 Å². The lowest BCUT2D eigenvalue weighted by Gasteiger charge is -2.30. The maximum absolute atomic E-state index is 13.7. The zero-order valence-corrected chi connectivity index (χ0v) is 10.6. The van der Waals surface area contributed by atoms with Crippen LogP contribution in [-0.2, 0) is 4.74 Å². The molecule has 1 saturated heterocycles. The predicted molar refractivity (Wildman–Crippen MR) is 62.7 cm³/mol. The summed E-state index contributed by atoms with van der Waals surface area (Å²) in [6.45, 7) is 2.99. The molecule has 104 valence electrons. The lowest BCUT2D eigenvalue weighted by molar-refractivity contribution is -0.0410. The number of carbonyl (C=O) groups is 1. The summed E-state index contributed by atoms with van der Waals surface area (Å²) in [6, 6.07) is 0. The van der Waals surface area contributed by atoms with Gasteiger partial charge in [-0.15, -0.1) is 0 Å². The van der Waals surface area contributed by atoms with Crippen LogP contribution in [-0.4, -0.2) is 37.3 Å². The van der Waals surface area contributed by atoms with Crippen LogP contribution in [0.25, 0.3) is 0 Å². The number of alkyl carbamates (subject to hydrolysis) is 1. The van der Waals surface area contributed by atoms with Gasteiger partial charge in [-0.3, -0.25) is 0 Å². The normalized spacial score (nSPS) is 33.2. The van der Waals surface area contributed by atoms with E-state index in [4.69, 9.17) is 4.74 Å². The highest BCUT2D eigenvalue weighted by atomic mass is 19.3. The molecule has 1 aliphatic carbocycles. The van der Waals surface area contributed by atoms with Gasteiger partial charge < -0.3 is 15.4 Å². The Labute approximate surface area is 105 Å². The average molecular weight is 262 g/mol. The molecule has 2 fully saturated rings. The summed E-state index contributed by atoms with van der Waals surface area (Å²) in [5.74, 6) is -3.51. The second-order valence-electron chi connectivity index (χ2n) is 5.22. The quantitative estimate of drug-likeness (QED) is 0.761. The molecule has 2 unspecified atom stereocenters. The molecule has 1 saturated carbocycles. The minimum atomic E-state index is -2.69. The van der Waals surface area contributed by atoms with Gasteiger partial charge in [-0.1, -0.05) is 13.3 Å². The van der Waals surface area contributed by atoms with Crippen LogP contribution in [0.2, 0.25) is 0 Å². The first-order valence-corrected chi connectivity index (χ1v) is 6.54. The van der Waals surface area contributed by atoms with E-state index in [-0.39, 0.29) is 13.0 Å². The van der Waals surface area contributed by atoms with Crippen molar-refractivity contribution in [3.05, 3.63) is 0 Å². The Morgan fingerprint density at radius 3 is 3.00 bits per heavy atom. The first-order valence-electron chi connectivity index (χ1n) is 6.54. The summed E-state index contributed by atoms with van der Waals surface area (Å²) in [4.78, 5) is 11.6. The molecule has 1 amide bonds. The molecule has 2 aliphatic rings. The van der Waals surface area contributed by atoms with Crippen molar-refractivity contribution < 1.29 is 18.3 Å². The summed E-state index contributed by atoms with van der Waals surface area (Å²) >= 11 is 0. The summed E-state index contributed by atoms with van der Waals surface area (Å²) in [5, 5.41) is 5.61. The molecule has 0 aromatic rings. The molecular weight excluding hydrogens is 242 g/mol. The number of nitrogens with one attached hydrogen (secondary N) is 2. The van der Waals surface area contributed by atoms with Crippen molar-refractivity contribution in [1.29, 1.82) is 0 Å². The number of alkyl halides is 2. The monoisotopic (exact) mass is 262 g/mol. The van der Waals surface area contributed by atoms with E-state index < -0.39 is 23.5 Å². The topological polar surface area (TPSA) is 50.4 Å². The number of fused-ring (bicyclic) bond motifs is 1. The van der Waals surface area contributed by atoms with E-state index in [2.05, 4.69) is 10.6 Å². The van der Waals surface area contributed by atoms with E-state index in [0.29, 0.717) is 19.6 Å².